The zero-order valence-electron chi connectivity index (χ0n) is 18.3. The van der Waals surface area contributed by atoms with Crippen LogP contribution in [0.15, 0.2) is 83.8 Å². The maximum Gasteiger partial charge on any atom is 0.308 e. The molecule has 1 heterocycles. The highest BCUT2D eigenvalue weighted by molar-refractivity contribution is 7.89. The van der Waals surface area contributed by atoms with E-state index in [1.165, 1.54) is 4.31 Å². The molecule has 0 aliphatic carbocycles. The van der Waals surface area contributed by atoms with Crippen LogP contribution < -0.4 is 0 Å². The number of ether oxygens (including phenoxy) is 1. The molecular weight excluding hydrogens is 438 g/mol. The van der Waals surface area contributed by atoms with Gasteiger partial charge >= 0.3 is 5.97 Å². The number of esters is 1. The van der Waals surface area contributed by atoms with E-state index in [-0.39, 0.29) is 30.3 Å². The molecule has 0 N–H and O–H groups in total. The number of benzene rings is 3. The molecule has 0 fully saturated rings. The first-order valence-electron chi connectivity index (χ1n) is 10.8. The highest BCUT2D eigenvalue weighted by Crippen LogP contribution is 2.36. The van der Waals surface area contributed by atoms with Gasteiger partial charge in [0, 0.05) is 12.1 Å². The summed E-state index contributed by atoms with van der Waals surface area (Å²) in [7, 11) is -3.83. The molecule has 7 heteroatoms. The topological polar surface area (TPSA) is 80.8 Å². The molecule has 0 spiro atoms. The molecule has 0 unspecified atom stereocenters. The molecule has 3 aromatic rings. The summed E-state index contributed by atoms with van der Waals surface area (Å²) in [6.07, 6.45) is 0.378. The van der Waals surface area contributed by atoms with E-state index in [1.54, 1.807) is 54.6 Å². The van der Waals surface area contributed by atoms with Crippen LogP contribution in [0.2, 0.25) is 0 Å². The summed E-state index contributed by atoms with van der Waals surface area (Å²) in [5.74, 6) is -0.929. The number of ketones is 1. The maximum atomic E-state index is 13.5. The molecule has 6 nitrogen and oxygen atoms in total. The number of sulfonamides is 1. The van der Waals surface area contributed by atoms with Crippen LogP contribution in [-0.2, 0) is 26.0 Å². The molecule has 4 rings (SSSR count). The first-order chi connectivity index (χ1) is 15.9. The molecule has 0 radical (unpaired) electrons. The summed E-state index contributed by atoms with van der Waals surface area (Å²) < 4.78 is 33.6. The number of carbonyl (C=O) groups is 2. The van der Waals surface area contributed by atoms with Gasteiger partial charge in [-0.1, -0.05) is 72.3 Å². The number of rotatable bonds is 7. The van der Waals surface area contributed by atoms with Gasteiger partial charge in [-0.05, 0) is 36.6 Å². The molecule has 0 amide bonds. The Morgan fingerprint density at radius 2 is 1.61 bits per heavy atom. The Morgan fingerprint density at radius 1 is 0.939 bits per heavy atom. The lowest BCUT2D eigenvalue weighted by molar-refractivity contribution is -0.143. The minimum Gasteiger partial charge on any atom is -0.457 e. The van der Waals surface area contributed by atoms with Crippen LogP contribution in [0.1, 0.15) is 39.5 Å². The molecule has 1 aliphatic heterocycles. The van der Waals surface area contributed by atoms with Gasteiger partial charge in [-0.25, -0.2) is 8.42 Å². The van der Waals surface area contributed by atoms with Crippen molar-refractivity contribution in [1.82, 2.24) is 4.31 Å². The Balaban J connectivity index is 1.56. The van der Waals surface area contributed by atoms with E-state index in [4.69, 9.17) is 4.74 Å². The number of nitrogens with zero attached hydrogens (tertiary/aromatic N) is 1. The van der Waals surface area contributed by atoms with Crippen molar-refractivity contribution in [2.24, 2.45) is 0 Å². The van der Waals surface area contributed by atoms with Crippen LogP contribution in [-0.4, -0.2) is 37.6 Å². The lowest BCUT2D eigenvalue weighted by Crippen LogP contribution is -2.41. The summed E-state index contributed by atoms with van der Waals surface area (Å²) in [5.41, 5.74) is 3.20. The highest BCUT2D eigenvalue weighted by Gasteiger charge is 2.37. The second-order valence-electron chi connectivity index (χ2n) is 8.05. The highest BCUT2D eigenvalue weighted by atomic mass is 32.2. The Kier molecular flexibility index (Phi) is 6.72. The Morgan fingerprint density at radius 3 is 2.33 bits per heavy atom. The van der Waals surface area contributed by atoms with Crippen molar-refractivity contribution in [3.05, 3.63) is 101 Å². The first-order valence-corrected chi connectivity index (χ1v) is 12.2. The van der Waals surface area contributed by atoms with Gasteiger partial charge in [-0.15, -0.1) is 0 Å². The zero-order valence-corrected chi connectivity index (χ0v) is 19.1. The number of carbonyl (C=O) groups excluding carboxylic acids is 2. The SMILES string of the molecule is Cc1ccc(S(=O)(=O)N2CCc3ccccc3[C@H]2CC(=O)OCC(=O)c2ccccc2)cc1. The quantitative estimate of drug-likeness (QED) is 0.389. The molecular formula is C26H25NO5S. The molecule has 33 heavy (non-hydrogen) atoms. The molecule has 0 aromatic heterocycles. The number of aryl methyl sites for hydroxylation is 1. The Labute approximate surface area is 193 Å². The van der Waals surface area contributed by atoms with Crippen LogP contribution in [0.5, 0.6) is 0 Å². The monoisotopic (exact) mass is 463 g/mol. The van der Waals surface area contributed by atoms with Gasteiger partial charge in [0.2, 0.25) is 10.0 Å². The second kappa shape index (κ2) is 9.68. The standard InChI is InChI=1S/C26H25NO5S/c1-19-11-13-22(14-12-19)33(30,31)27-16-15-20-7-5-6-10-23(20)24(27)17-26(29)32-18-25(28)21-8-3-2-4-9-21/h2-14,24H,15-18H2,1H3/t24-/m1/s1. The maximum absolute atomic E-state index is 13.5. The first kappa shape index (κ1) is 22.9. The van der Waals surface area contributed by atoms with E-state index < -0.39 is 22.0 Å². The van der Waals surface area contributed by atoms with Gasteiger partial charge in [-0.2, -0.15) is 4.31 Å². The van der Waals surface area contributed by atoms with E-state index in [1.807, 2.05) is 31.2 Å². The molecule has 1 atom stereocenters. The van der Waals surface area contributed by atoms with Gasteiger partial charge < -0.3 is 4.74 Å². The van der Waals surface area contributed by atoms with Gasteiger partial charge in [0.05, 0.1) is 17.4 Å². The van der Waals surface area contributed by atoms with E-state index in [2.05, 4.69) is 0 Å². The van der Waals surface area contributed by atoms with Gasteiger partial charge in [0.15, 0.2) is 12.4 Å². The third-order valence-electron chi connectivity index (χ3n) is 5.81. The molecule has 170 valence electrons. The molecule has 0 saturated carbocycles. The fourth-order valence-electron chi connectivity index (χ4n) is 4.04. The normalized spacial score (nSPS) is 16.1. The summed E-state index contributed by atoms with van der Waals surface area (Å²) in [6.45, 7) is 1.76. The fourth-order valence-corrected chi connectivity index (χ4v) is 5.65. The number of Topliss-reactive ketones (excluding diaryl/α,β-unsaturated/α-hetero) is 1. The molecule has 1 aliphatic rings. The van der Waals surface area contributed by atoms with Crippen molar-refractivity contribution in [2.45, 2.75) is 30.7 Å². The van der Waals surface area contributed by atoms with Crippen LogP contribution >= 0.6 is 0 Å². The zero-order chi connectivity index (χ0) is 23.4. The van der Waals surface area contributed by atoms with Crippen molar-refractivity contribution < 1.29 is 22.7 Å². The Bertz CT molecular complexity index is 1250. The van der Waals surface area contributed by atoms with Crippen molar-refractivity contribution in [1.29, 1.82) is 0 Å². The smallest absolute Gasteiger partial charge is 0.308 e. The third-order valence-corrected chi connectivity index (χ3v) is 7.73. The van der Waals surface area contributed by atoms with E-state index in [0.717, 1.165) is 16.7 Å². The van der Waals surface area contributed by atoms with E-state index in [9.17, 15) is 18.0 Å². The van der Waals surface area contributed by atoms with Crippen LogP contribution in [0.25, 0.3) is 0 Å². The average Bonchev–Trinajstić information content (AvgIpc) is 2.83. The van der Waals surface area contributed by atoms with Gasteiger partial charge in [0.1, 0.15) is 0 Å². The summed E-state index contributed by atoms with van der Waals surface area (Å²) in [5, 5.41) is 0. The molecule has 0 saturated heterocycles. The van der Waals surface area contributed by atoms with E-state index in [0.29, 0.717) is 12.0 Å². The summed E-state index contributed by atoms with van der Waals surface area (Å²) in [4.78, 5) is 25.2. The fraction of sp³-hybridized carbons (Fsp3) is 0.231. The minimum atomic E-state index is -3.83. The van der Waals surface area contributed by atoms with Gasteiger partial charge in [0.25, 0.3) is 0 Å². The predicted octanol–water partition coefficient (Wildman–Crippen LogP) is 4.10. The van der Waals surface area contributed by atoms with Crippen molar-refractivity contribution in [3.63, 3.8) is 0 Å². The number of fused-ring (bicyclic) bond motifs is 1. The lowest BCUT2D eigenvalue weighted by Gasteiger charge is -2.36. The van der Waals surface area contributed by atoms with Crippen LogP contribution in [0.3, 0.4) is 0 Å². The van der Waals surface area contributed by atoms with Crippen LogP contribution in [0, 0.1) is 6.92 Å². The van der Waals surface area contributed by atoms with E-state index >= 15 is 0 Å². The van der Waals surface area contributed by atoms with Crippen molar-refractivity contribution >= 4 is 21.8 Å². The molecule has 0 bridgehead atoms. The van der Waals surface area contributed by atoms with Gasteiger partial charge in [-0.3, -0.25) is 9.59 Å². The number of hydrogen-bond donors (Lipinski definition) is 0. The lowest BCUT2D eigenvalue weighted by atomic mass is 9.92. The Hall–Kier alpha value is -3.29. The molecule has 3 aromatic carbocycles. The van der Waals surface area contributed by atoms with Crippen LogP contribution in [0.4, 0.5) is 0 Å². The summed E-state index contributed by atoms with van der Waals surface area (Å²) in [6, 6.07) is 22.1. The van der Waals surface area contributed by atoms with Crippen molar-refractivity contribution in [3.8, 4) is 0 Å². The largest absolute Gasteiger partial charge is 0.457 e. The number of hydrogen-bond acceptors (Lipinski definition) is 5. The average molecular weight is 464 g/mol. The second-order valence-corrected chi connectivity index (χ2v) is 9.94. The summed E-state index contributed by atoms with van der Waals surface area (Å²) >= 11 is 0. The van der Waals surface area contributed by atoms with Crippen molar-refractivity contribution in [2.75, 3.05) is 13.2 Å². The third kappa shape index (κ3) is 5.05. The predicted molar refractivity (Wildman–Crippen MR) is 124 cm³/mol. The minimum absolute atomic E-state index is 0.176.